The molecule has 0 bridgehead atoms. The number of hydrogen-bond donors (Lipinski definition) is 1. The zero-order chi connectivity index (χ0) is 22.0. The van der Waals surface area contributed by atoms with Gasteiger partial charge in [0.05, 0.1) is 6.61 Å². The van der Waals surface area contributed by atoms with Crippen molar-refractivity contribution >= 4 is 11.6 Å². The fourth-order valence-corrected chi connectivity index (χ4v) is 3.48. The maximum absolute atomic E-state index is 15.0. The molecule has 2 aromatic carbocycles. The fourth-order valence-electron chi connectivity index (χ4n) is 3.48. The average molecular weight is 426 g/mol. The normalized spacial score (nSPS) is 12.3. The first-order valence-electron chi connectivity index (χ1n) is 9.91. The molecule has 8 heteroatoms. The number of pyridine rings is 1. The van der Waals surface area contributed by atoms with Crippen molar-refractivity contribution in [2.45, 2.75) is 25.7 Å². The van der Waals surface area contributed by atoms with Crippen LogP contribution in [-0.2, 0) is 0 Å². The third-order valence-electron chi connectivity index (χ3n) is 5.18. The van der Waals surface area contributed by atoms with Crippen LogP contribution in [0.25, 0.3) is 16.8 Å². The molecule has 0 amide bonds. The molecule has 0 aliphatic heterocycles. The minimum Gasteiger partial charge on any atom is -0.488 e. The van der Waals surface area contributed by atoms with Gasteiger partial charge in [-0.25, -0.2) is 17.7 Å². The summed E-state index contributed by atoms with van der Waals surface area (Å²) < 4.78 is 49.3. The Hall–Kier alpha value is -3.55. The highest BCUT2D eigenvalue weighted by Gasteiger charge is 2.17. The Morgan fingerprint density at radius 3 is 2.61 bits per heavy atom. The van der Waals surface area contributed by atoms with Crippen LogP contribution in [0.1, 0.15) is 31.2 Å². The Kier molecular flexibility index (Phi) is 5.79. The molecule has 4 aromatic rings. The number of fused-ring (bicyclic) bond motifs is 1. The molecule has 0 spiro atoms. The summed E-state index contributed by atoms with van der Waals surface area (Å²) in [5.74, 6) is -1.95. The van der Waals surface area contributed by atoms with Gasteiger partial charge in [0.15, 0.2) is 23.0 Å². The number of benzene rings is 2. The number of aromatic nitrogens is 3. The van der Waals surface area contributed by atoms with Gasteiger partial charge in [-0.2, -0.15) is 4.98 Å². The summed E-state index contributed by atoms with van der Waals surface area (Å²) in [7, 11) is 0. The van der Waals surface area contributed by atoms with Gasteiger partial charge in [-0.3, -0.25) is 0 Å². The molecular weight excluding hydrogens is 405 g/mol. The van der Waals surface area contributed by atoms with Crippen LogP contribution in [0.5, 0.6) is 5.75 Å². The number of nitrogens with zero attached hydrogens (tertiary/aromatic N) is 3. The van der Waals surface area contributed by atoms with Crippen molar-refractivity contribution in [2.24, 2.45) is 0 Å². The molecule has 2 N–H and O–H groups in total. The Morgan fingerprint density at radius 2 is 1.84 bits per heavy atom. The SMILES string of the molecule is CC(CCCOc1c(F)ccc(-c2ccn3nc(N)nc3c2)c1F)c1ccc(F)cc1. The largest absolute Gasteiger partial charge is 0.488 e. The Balaban J connectivity index is 1.45. The molecule has 0 saturated heterocycles. The van der Waals surface area contributed by atoms with Gasteiger partial charge >= 0.3 is 0 Å². The number of nitrogen functional groups attached to an aromatic ring is 1. The van der Waals surface area contributed by atoms with E-state index in [4.69, 9.17) is 10.5 Å². The van der Waals surface area contributed by atoms with Crippen molar-refractivity contribution in [3.8, 4) is 16.9 Å². The Bertz CT molecular complexity index is 1210. The Labute approximate surface area is 177 Å². The van der Waals surface area contributed by atoms with E-state index < -0.39 is 17.4 Å². The van der Waals surface area contributed by atoms with Gasteiger partial charge in [-0.05, 0) is 66.3 Å². The molecule has 0 radical (unpaired) electrons. The topological polar surface area (TPSA) is 65.4 Å². The van der Waals surface area contributed by atoms with Crippen LogP contribution in [0.15, 0.2) is 54.7 Å². The van der Waals surface area contributed by atoms with E-state index in [0.29, 0.717) is 17.6 Å². The number of anilines is 1. The molecule has 4 rings (SSSR count). The van der Waals surface area contributed by atoms with E-state index in [1.807, 2.05) is 6.92 Å². The van der Waals surface area contributed by atoms with E-state index in [1.165, 1.54) is 28.8 Å². The number of rotatable bonds is 7. The number of halogens is 3. The third kappa shape index (κ3) is 4.47. The first-order chi connectivity index (χ1) is 14.9. The van der Waals surface area contributed by atoms with E-state index in [-0.39, 0.29) is 29.9 Å². The van der Waals surface area contributed by atoms with E-state index in [1.54, 1.807) is 30.5 Å². The van der Waals surface area contributed by atoms with Gasteiger partial charge in [-0.15, -0.1) is 5.10 Å². The van der Waals surface area contributed by atoms with Crippen LogP contribution < -0.4 is 10.5 Å². The van der Waals surface area contributed by atoms with E-state index >= 15 is 4.39 Å². The Morgan fingerprint density at radius 1 is 1.06 bits per heavy atom. The quantitative estimate of drug-likeness (QED) is 0.404. The molecule has 1 atom stereocenters. The highest BCUT2D eigenvalue weighted by atomic mass is 19.1. The summed E-state index contributed by atoms with van der Waals surface area (Å²) in [5.41, 5.74) is 7.74. The molecule has 160 valence electrons. The molecule has 31 heavy (non-hydrogen) atoms. The highest BCUT2D eigenvalue weighted by molar-refractivity contribution is 5.69. The minimum atomic E-state index is -0.775. The lowest BCUT2D eigenvalue weighted by molar-refractivity contribution is 0.274. The second-order valence-corrected chi connectivity index (χ2v) is 7.37. The van der Waals surface area contributed by atoms with Crippen molar-refractivity contribution in [3.05, 3.63) is 77.7 Å². The van der Waals surface area contributed by atoms with E-state index in [9.17, 15) is 8.78 Å². The second-order valence-electron chi connectivity index (χ2n) is 7.37. The average Bonchev–Trinajstić information content (AvgIpc) is 3.12. The van der Waals surface area contributed by atoms with Crippen LogP contribution >= 0.6 is 0 Å². The lowest BCUT2D eigenvalue weighted by Gasteiger charge is -2.14. The third-order valence-corrected chi connectivity index (χ3v) is 5.18. The van der Waals surface area contributed by atoms with Gasteiger partial charge in [0.2, 0.25) is 5.95 Å². The summed E-state index contributed by atoms with van der Waals surface area (Å²) >= 11 is 0. The summed E-state index contributed by atoms with van der Waals surface area (Å²) in [6, 6.07) is 12.1. The van der Waals surface area contributed by atoms with Crippen LogP contribution in [-0.4, -0.2) is 21.2 Å². The van der Waals surface area contributed by atoms with Gasteiger partial charge in [0, 0.05) is 11.8 Å². The predicted octanol–water partition coefficient (Wildman–Crippen LogP) is 5.36. The van der Waals surface area contributed by atoms with Crippen molar-refractivity contribution in [1.82, 2.24) is 14.6 Å². The van der Waals surface area contributed by atoms with E-state index in [2.05, 4.69) is 10.1 Å². The molecule has 0 aliphatic carbocycles. The van der Waals surface area contributed by atoms with Crippen LogP contribution in [0.2, 0.25) is 0 Å². The molecule has 0 aliphatic rings. The number of hydrogen-bond acceptors (Lipinski definition) is 4. The zero-order valence-electron chi connectivity index (χ0n) is 16.9. The highest BCUT2D eigenvalue weighted by Crippen LogP contribution is 2.32. The molecule has 1 unspecified atom stereocenters. The van der Waals surface area contributed by atoms with Gasteiger partial charge in [0.1, 0.15) is 5.82 Å². The van der Waals surface area contributed by atoms with Gasteiger partial charge in [0.25, 0.3) is 0 Å². The number of ether oxygens (including phenoxy) is 1. The monoisotopic (exact) mass is 426 g/mol. The fraction of sp³-hybridized carbons (Fsp3) is 0.217. The number of nitrogens with two attached hydrogens (primary N) is 1. The summed E-state index contributed by atoms with van der Waals surface area (Å²) in [5, 5.41) is 3.98. The molecule has 5 nitrogen and oxygen atoms in total. The van der Waals surface area contributed by atoms with Crippen LogP contribution in [0.3, 0.4) is 0 Å². The molecule has 0 fully saturated rings. The molecule has 2 aromatic heterocycles. The summed E-state index contributed by atoms with van der Waals surface area (Å²) in [6.07, 6.45) is 2.93. The maximum Gasteiger partial charge on any atom is 0.240 e. The van der Waals surface area contributed by atoms with Crippen molar-refractivity contribution in [3.63, 3.8) is 0 Å². The summed E-state index contributed by atoms with van der Waals surface area (Å²) in [4.78, 5) is 4.06. The second kappa shape index (κ2) is 8.67. The van der Waals surface area contributed by atoms with Gasteiger partial charge in [-0.1, -0.05) is 19.1 Å². The van der Waals surface area contributed by atoms with Crippen molar-refractivity contribution < 1.29 is 17.9 Å². The smallest absolute Gasteiger partial charge is 0.240 e. The van der Waals surface area contributed by atoms with E-state index in [0.717, 1.165) is 12.0 Å². The first kappa shape index (κ1) is 20.7. The lowest BCUT2D eigenvalue weighted by atomic mass is 9.96. The summed E-state index contributed by atoms with van der Waals surface area (Å²) in [6.45, 7) is 2.17. The molecule has 2 heterocycles. The molecule has 0 saturated carbocycles. The standard InChI is InChI=1S/C23H21F3N4O/c1-14(15-4-6-17(24)7-5-15)3-2-12-31-22-19(25)9-8-18(21(22)26)16-10-11-30-20(13-16)28-23(27)29-30/h4-11,13-14H,2-3,12H2,1H3,(H2,27,29). The van der Waals surface area contributed by atoms with Crippen LogP contribution in [0.4, 0.5) is 19.1 Å². The minimum absolute atomic E-state index is 0.107. The van der Waals surface area contributed by atoms with Gasteiger partial charge < -0.3 is 10.5 Å². The molecular formula is C23H21F3N4O. The zero-order valence-corrected chi connectivity index (χ0v) is 16.9. The lowest BCUT2D eigenvalue weighted by Crippen LogP contribution is -2.04. The maximum atomic E-state index is 15.0. The van der Waals surface area contributed by atoms with Crippen molar-refractivity contribution in [2.75, 3.05) is 12.3 Å². The van der Waals surface area contributed by atoms with Crippen LogP contribution in [0, 0.1) is 17.5 Å². The predicted molar refractivity (Wildman–Crippen MR) is 112 cm³/mol. The first-order valence-corrected chi connectivity index (χ1v) is 9.91. The van der Waals surface area contributed by atoms with Crippen molar-refractivity contribution in [1.29, 1.82) is 0 Å².